The molecule has 1 amide bonds. The lowest BCUT2D eigenvalue weighted by Gasteiger charge is -2.06. The molecule has 0 unspecified atom stereocenters. The molecule has 138 valence electrons. The third kappa shape index (κ3) is 4.63. The van der Waals surface area contributed by atoms with E-state index in [9.17, 15) is 4.79 Å². The summed E-state index contributed by atoms with van der Waals surface area (Å²) in [6, 6.07) is 13.3. The van der Waals surface area contributed by atoms with Gasteiger partial charge in [-0.15, -0.1) is 0 Å². The van der Waals surface area contributed by atoms with Crippen molar-refractivity contribution in [3.63, 3.8) is 0 Å². The summed E-state index contributed by atoms with van der Waals surface area (Å²) in [5.41, 5.74) is 3.36. The third-order valence-electron chi connectivity index (χ3n) is 3.59. The Morgan fingerprint density at radius 1 is 1.07 bits per heavy atom. The number of amides is 1. The van der Waals surface area contributed by atoms with Crippen LogP contribution in [-0.2, 0) is 0 Å². The van der Waals surface area contributed by atoms with Crippen LogP contribution in [0.3, 0.4) is 0 Å². The standard InChI is InChI=1S/C19H13Cl3N2O3/c1-26-17-6-3-11(20)8-15(17)18-7-4-13(27-18)10-23-24-19(25)14-5-2-12(21)9-16(14)22/h2-10H,1H3,(H,24,25)/b23-10+. The number of benzene rings is 2. The Hall–Kier alpha value is -2.47. The van der Waals surface area contributed by atoms with E-state index in [0.29, 0.717) is 32.9 Å². The van der Waals surface area contributed by atoms with Gasteiger partial charge in [0.1, 0.15) is 17.3 Å². The lowest BCUT2D eigenvalue weighted by atomic mass is 10.1. The molecule has 1 aromatic heterocycles. The number of carbonyl (C=O) groups excluding carboxylic acids is 1. The van der Waals surface area contributed by atoms with Crippen LogP contribution in [0.4, 0.5) is 0 Å². The van der Waals surface area contributed by atoms with Gasteiger partial charge in [0, 0.05) is 10.0 Å². The number of nitrogens with zero attached hydrogens (tertiary/aromatic N) is 1. The first-order valence-corrected chi connectivity index (χ1v) is 8.83. The zero-order valence-corrected chi connectivity index (χ0v) is 16.3. The Kier molecular flexibility index (Phi) is 6.06. The molecule has 27 heavy (non-hydrogen) atoms. The highest BCUT2D eigenvalue weighted by Gasteiger charge is 2.12. The van der Waals surface area contributed by atoms with Gasteiger partial charge in [-0.25, -0.2) is 5.43 Å². The summed E-state index contributed by atoms with van der Waals surface area (Å²) in [4.78, 5) is 12.1. The molecule has 3 rings (SSSR count). The zero-order valence-electron chi connectivity index (χ0n) is 14.0. The molecular formula is C19H13Cl3N2O3. The molecule has 0 spiro atoms. The van der Waals surface area contributed by atoms with E-state index in [0.717, 1.165) is 0 Å². The highest BCUT2D eigenvalue weighted by molar-refractivity contribution is 6.36. The van der Waals surface area contributed by atoms with E-state index in [2.05, 4.69) is 10.5 Å². The topological polar surface area (TPSA) is 63.8 Å². The average Bonchev–Trinajstić information content (AvgIpc) is 3.10. The van der Waals surface area contributed by atoms with E-state index in [4.69, 9.17) is 44.0 Å². The number of hydrazone groups is 1. The van der Waals surface area contributed by atoms with E-state index in [1.165, 1.54) is 18.3 Å². The van der Waals surface area contributed by atoms with E-state index in [1.807, 2.05) is 0 Å². The molecule has 0 bridgehead atoms. The summed E-state index contributed by atoms with van der Waals surface area (Å²) < 4.78 is 11.0. The molecule has 0 saturated carbocycles. The highest BCUT2D eigenvalue weighted by Crippen LogP contribution is 2.33. The van der Waals surface area contributed by atoms with E-state index < -0.39 is 5.91 Å². The van der Waals surface area contributed by atoms with Gasteiger partial charge in [0.2, 0.25) is 0 Å². The maximum absolute atomic E-state index is 12.1. The highest BCUT2D eigenvalue weighted by atomic mass is 35.5. The normalized spacial score (nSPS) is 11.0. The van der Waals surface area contributed by atoms with Crippen molar-refractivity contribution in [2.24, 2.45) is 5.10 Å². The first-order chi connectivity index (χ1) is 13.0. The summed E-state index contributed by atoms with van der Waals surface area (Å²) in [6.07, 6.45) is 1.38. The smallest absolute Gasteiger partial charge is 0.272 e. The number of methoxy groups -OCH3 is 1. The first kappa shape index (κ1) is 19.3. The van der Waals surface area contributed by atoms with Gasteiger partial charge in [-0.05, 0) is 48.5 Å². The maximum atomic E-state index is 12.1. The van der Waals surface area contributed by atoms with Crippen molar-refractivity contribution in [3.05, 3.63) is 74.9 Å². The van der Waals surface area contributed by atoms with E-state index >= 15 is 0 Å². The van der Waals surface area contributed by atoms with Crippen molar-refractivity contribution in [3.8, 4) is 17.1 Å². The largest absolute Gasteiger partial charge is 0.496 e. The fourth-order valence-corrected chi connectivity index (χ4v) is 2.99. The second kappa shape index (κ2) is 8.48. The summed E-state index contributed by atoms with van der Waals surface area (Å²) >= 11 is 17.8. The first-order valence-electron chi connectivity index (χ1n) is 7.70. The molecule has 1 heterocycles. The molecule has 5 nitrogen and oxygen atoms in total. The lowest BCUT2D eigenvalue weighted by Crippen LogP contribution is -2.17. The van der Waals surface area contributed by atoms with Crippen molar-refractivity contribution in [1.29, 1.82) is 0 Å². The second-order valence-electron chi connectivity index (χ2n) is 5.37. The number of furan rings is 1. The van der Waals surface area contributed by atoms with Gasteiger partial charge < -0.3 is 9.15 Å². The maximum Gasteiger partial charge on any atom is 0.272 e. The molecular weight excluding hydrogens is 411 g/mol. The van der Waals surface area contributed by atoms with Gasteiger partial charge in [-0.2, -0.15) is 5.10 Å². The van der Waals surface area contributed by atoms with Crippen LogP contribution in [0.1, 0.15) is 16.1 Å². The minimum atomic E-state index is -0.462. The van der Waals surface area contributed by atoms with Crippen LogP contribution in [0, 0.1) is 0 Å². The Morgan fingerprint density at radius 3 is 2.56 bits per heavy atom. The van der Waals surface area contributed by atoms with E-state index in [1.54, 1.807) is 43.5 Å². The molecule has 0 fully saturated rings. The Morgan fingerprint density at radius 2 is 1.81 bits per heavy atom. The number of nitrogens with one attached hydrogen (secondary N) is 1. The Bertz CT molecular complexity index is 1020. The minimum Gasteiger partial charge on any atom is -0.496 e. The fraction of sp³-hybridized carbons (Fsp3) is 0.0526. The summed E-state index contributed by atoms with van der Waals surface area (Å²) in [6.45, 7) is 0. The van der Waals surface area contributed by atoms with Crippen molar-refractivity contribution >= 4 is 46.9 Å². The van der Waals surface area contributed by atoms with Crippen molar-refractivity contribution < 1.29 is 13.9 Å². The number of hydrogen-bond donors (Lipinski definition) is 1. The van der Waals surface area contributed by atoms with Crippen LogP contribution < -0.4 is 10.2 Å². The lowest BCUT2D eigenvalue weighted by molar-refractivity contribution is 0.0955. The molecule has 2 aromatic carbocycles. The van der Waals surface area contributed by atoms with Gasteiger partial charge in [-0.3, -0.25) is 4.79 Å². The molecule has 0 aliphatic heterocycles. The number of carbonyl (C=O) groups is 1. The summed E-state index contributed by atoms with van der Waals surface area (Å²) in [5, 5.41) is 5.12. The predicted molar refractivity (Wildman–Crippen MR) is 107 cm³/mol. The van der Waals surface area contributed by atoms with Crippen LogP contribution in [0.5, 0.6) is 5.75 Å². The third-order valence-corrected chi connectivity index (χ3v) is 4.37. The van der Waals surface area contributed by atoms with Crippen molar-refractivity contribution in [1.82, 2.24) is 5.43 Å². The summed E-state index contributed by atoms with van der Waals surface area (Å²) in [5.74, 6) is 1.16. The molecule has 0 aliphatic rings. The van der Waals surface area contributed by atoms with Crippen LogP contribution in [0.15, 0.2) is 58.0 Å². The molecule has 0 atom stereocenters. The summed E-state index contributed by atoms with van der Waals surface area (Å²) in [7, 11) is 1.56. The van der Waals surface area contributed by atoms with Crippen molar-refractivity contribution in [2.45, 2.75) is 0 Å². The van der Waals surface area contributed by atoms with Gasteiger partial charge in [-0.1, -0.05) is 34.8 Å². The zero-order chi connectivity index (χ0) is 19.4. The minimum absolute atomic E-state index is 0.239. The molecule has 0 saturated heterocycles. The van der Waals surface area contributed by atoms with Gasteiger partial charge in [0.25, 0.3) is 5.91 Å². The van der Waals surface area contributed by atoms with Crippen LogP contribution >= 0.6 is 34.8 Å². The van der Waals surface area contributed by atoms with E-state index in [-0.39, 0.29) is 10.6 Å². The Labute approximate surface area is 170 Å². The monoisotopic (exact) mass is 422 g/mol. The van der Waals surface area contributed by atoms with Crippen molar-refractivity contribution in [2.75, 3.05) is 7.11 Å². The second-order valence-corrected chi connectivity index (χ2v) is 6.65. The van der Waals surface area contributed by atoms with Crippen LogP contribution in [0.2, 0.25) is 15.1 Å². The average molecular weight is 424 g/mol. The molecule has 3 aromatic rings. The van der Waals surface area contributed by atoms with Gasteiger partial charge in [0.05, 0.1) is 29.5 Å². The molecule has 8 heteroatoms. The molecule has 0 aliphatic carbocycles. The SMILES string of the molecule is COc1ccc(Cl)cc1-c1ccc(/C=N/NC(=O)c2ccc(Cl)cc2Cl)o1. The van der Waals surface area contributed by atoms with Crippen LogP contribution in [-0.4, -0.2) is 19.2 Å². The van der Waals surface area contributed by atoms with Gasteiger partial charge >= 0.3 is 0 Å². The van der Waals surface area contributed by atoms with Gasteiger partial charge in [0.15, 0.2) is 0 Å². The number of rotatable bonds is 5. The fourth-order valence-electron chi connectivity index (χ4n) is 2.33. The number of ether oxygens (including phenoxy) is 1. The number of halogens is 3. The molecule has 0 radical (unpaired) electrons. The molecule has 1 N–H and O–H groups in total. The quantitative estimate of drug-likeness (QED) is 0.424. The number of hydrogen-bond acceptors (Lipinski definition) is 4. The predicted octanol–water partition coefficient (Wildman–Crippen LogP) is 5.68. The Balaban J connectivity index is 1.72. The van der Waals surface area contributed by atoms with Crippen LogP contribution in [0.25, 0.3) is 11.3 Å².